The van der Waals surface area contributed by atoms with Gasteiger partial charge in [-0.25, -0.2) is 4.98 Å². The van der Waals surface area contributed by atoms with Gasteiger partial charge >= 0.3 is 0 Å². The molecule has 0 spiro atoms. The number of hydrogen-bond donors (Lipinski definition) is 2. The van der Waals surface area contributed by atoms with Gasteiger partial charge < -0.3 is 15.8 Å². The van der Waals surface area contributed by atoms with Crippen molar-refractivity contribution in [3.8, 4) is 5.75 Å². The van der Waals surface area contributed by atoms with Crippen molar-refractivity contribution in [2.24, 2.45) is 11.7 Å². The molecule has 0 aliphatic rings. The van der Waals surface area contributed by atoms with Crippen LogP contribution in [0.25, 0.3) is 0 Å². The minimum absolute atomic E-state index is 0. The van der Waals surface area contributed by atoms with E-state index in [1.54, 1.807) is 5.38 Å². The molecule has 2 rings (SSSR count). The van der Waals surface area contributed by atoms with Crippen LogP contribution < -0.4 is 15.8 Å². The number of rotatable bonds is 8. The van der Waals surface area contributed by atoms with Crippen molar-refractivity contribution >= 4 is 29.7 Å². The van der Waals surface area contributed by atoms with Gasteiger partial charge in [-0.3, -0.25) is 4.79 Å². The van der Waals surface area contributed by atoms with Gasteiger partial charge in [0.15, 0.2) is 0 Å². The number of amides is 1. The number of aromatic nitrogens is 1. The lowest BCUT2D eigenvalue weighted by atomic mass is 9.96. The van der Waals surface area contributed by atoms with E-state index in [0.717, 1.165) is 22.7 Å². The summed E-state index contributed by atoms with van der Waals surface area (Å²) in [5.74, 6) is 1.06. The Morgan fingerprint density at radius 2 is 2.08 bits per heavy atom. The van der Waals surface area contributed by atoms with Crippen molar-refractivity contribution in [1.29, 1.82) is 0 Å². The van der Waals surface area contributed by atoms with E-state index in [1.807, 2.05) is 31.2 Å². The van der Waals surface area contributed by atoms with Gasteiger partial charge in [0.1, 0.15) is 16.5 Å². The predicted molar refractivity (Wildman–Crippen MR) is 105 cm³/mol. The Labute approximate surface area is 159 Å². The first kappa shape index (κ1) is 21.4. The Balaban J connectivity index is 0.00000312. The molecule has 0 aliphatic carbocycles. The molecule has 3 N–H and O–H groups in total. The Hall–Kier alpha value is -1.63. The molecule has 2 aromatic rings. The molecule has 5 nitrogen and oxygen atoms in total. The molecule has 1 unspecified atom stereocenters. The fourth-order valence-electron chi connectivity index (χ4n) is 2.53. The van der Waals surface area contributed by atoms with E-state index < -0.39 is 0 Å². The highest BCUT2D eigenvalue weighted by Gasteiger charge is 2.21. The summed E-state index contributed by atoms with van der Waals surface area (Å²) in [5, 5.41) is 5.61. The molecule has 138 valence electrons. The minimum atomic E-state index is -0.178. The van der Waals surface area contributed by atoms with Gasteiger partial charge in [0.2, 0.25) is 0 Å². The van der Waals surface area contributed by atoms with Gasteiger partial charge in [-0.05, 0) is 25.3 Å². The number of para-hydroxylation sites is 1. The molecule has 1 heterocycles. The van der Waals surface area contributed by atoms with Crippen LogP contribution in [-0.2, 0) is 6.54 Å². The molecule has 0 saturated heterocycles. The zero-order valence-corrected chi connectivity index (χ0v) is 16.5. The topological polar surface area (TPSA) is 77.2 Å². The van der Waals surface area contributed by atoms with E-state index >= 15 is 0 Å². The van der Waals surface area contributed by atoms with Crippen molar-refractivity contribution in [1.82, 2.24) is 10.3 Å². The number of ether oxygens (including phenoxy) is 1. The summed E-state index contributed by atoms with van der Waals surface area (Å²) < 4.78 is 5.73. The Morgan fingerprint density at radius 3 is 2.68 bits per heavy atom. The number of benzene rings is 1. The molecule has 0 saturated carbocycles. The lowest BCUT2D eigenvalue weighted by Gasteiger charge is -2.23. The smallest absolute Gasteiger partial charge is 0.271 e. The molecular formula is C18H26ClN3O2S. The quantitative estimate of drug-likeness (QED) is 0.723. The highest BCUT2D eigenvalue weighted by atomic mass is 35.5. The van der Waals surface area contributed by atoms with E-state index in [0.29, 0.717) is 24.8 Å². The molecule has 1 aromatic carbocycles. The second-order valence-corrected chi connectivity index (χ2v) is 6.90. The Bertz CT molecular complexity index is 676. The zero-order valence-electron chi connectivity index (χ0n) is 14.8. The summed E-state index contributed by atoms with van der Waals surface area (Å²) in [7, 11) is 0. The average molecular weight is 384 g/mol. The Morgan fingerprint density at radius 1 is 1.36 bits per heavy atom. The highest BCUT2D eigenvalue weighted by molar-refractivity contribution is 7.09. The lowest BCUT2D eigenvalue weighted by Crippen LogP contribution is -2.30. The van der Waals surface area contributed by atoms with E-state index in [9.17, 15) is 4.79 Å². The van der Waals surface area contributed by atoms with Gasteiger partial charge in [0, 0.05) is 17.5 Å². The van der Waals surface area contributed by atoms with Crippen LogP contribution in [0.2, 0.25) is 0 Å². The largest absolute Gasteiger partial charge is 0.494 e. The van der Waals surface area contributed by atoms with E-state index in [4.69, 9.17) is 10.5 Å². The normalized spacial score (nSPS) is 11.7. The van der Waals surface area contributed by atoms with Crippen molar-refractivity contribution in [3.05, 3.63) is 45.9 Å². The number of nitrogens with two attached hydrogens (primary N) is 1. The van der Waals surface area contributed by atoms with E-state index in [1.165, 1.54) is 11.3 Å². The van der Waals surface area contributed by atoms with Gasteiger partial charge in [0.05, 0.1) is 12.6 Å². The molecule has 1 amide bonds. The van der Waals surface area contributed by atoms with Crippen LogP contribution in [0.3, 0.4) is 0 Å². The summed E-state index contributed by atoms with van der Waals surface area (Å²) in [6.07, 6.45) is 0.823. The maximum Gasteiger partial charge on any atom is 0.271 e. The Kier molecular flexibility index (Phi) is 8.89. The van der Waals surface area contributed by atoms with Crippen molar-refractivity contribution in [2.75, 3.05) is 6.61 Å². The van der Waals surface area contributed by atoms with Crippen molar-refractivity contribution in [2.45, 2.75) is 39.8 Å². The summed E-state index contributed by atoms with van der Waals surface area (Å²) in [5.41, 5.74) is 6.99. The lowest BCUT2D eigenvalue weighted by molar-refractivity contribution is 0.0927. The number of nitrogens with zero attached hydrogens (tertiary/aromatic N) is 1. The molecule has 25 heavy (non-hydrogen) atoms. The van der Waals surface area contributed by atoms with Gasteiger partial charge in [-0.1, -0.05) is 32.0 Å². The van der Waals surface area contributed by atoms with Crippen LogP contribution in [-0.4, -0.2) is 17.5 Å². The molecule has 0 radical (unpaired) electrons. The third-order valence-corrected chi connectivity index (χ3v) is 4.44. The second kappa shape index (κ2) is 10.4. The SMILES string of the molecule is CCOc1ccccc1C(CC(C)C)NC(=O)c1csc(CN)n1.Cl. The number of hydrogen-bond acceptors (Lipinski definition) is 5. The molecule has 0 fully saturated rings. The number of carbonyl (C=O) groups is 1. The summed E-state index contributed by atoms with van der Waals surface area (Å²) in [4.78, 5) is 16.8. The third kappa shape index (κ3) is 5.99. The molecule has 0 bridgehead atoms. The summed E-state index contributed by atoms with van der Waals surface area (Å²) in [6.45, 7) is 7.16. The molecular weight excluding hydrogens is 358 g/mol. The zero-order chi connectivity index (χ0) is 17.5. The number of thiazole rings is 1. The monoisotopic (exact) mass is 383 g/mol. The number of nitrogens with one attached hydrogen (secondary N) is 1. The minimum Gasteiger partial charge on any atom is -0.494 e. The molecule has 0 aliphatic heterocycles. The second-order valence-electron chi connectivity index (χ2n) is 5.96. The fraction of sp³-hybridized carbons (Fsp3) is 0.444. The van der Waals surface area contributed by atoms with Crippen LogP contribution in [0.4, 0.5) is 0 Å². The number of halogens is 1. The predicted octanol–water partition coefficient (Wildman–Crippen LogP) is 3.94. The molecule has 7 heteroatoms. The summed E-state index contributed by atoms with van der Waals surface area (Å²) in [6, 6.07) is 7.73. The van der Waals surface area contributed by atoms with E-state index in [2.05, 4.69) is 24.1 Å². The van der Waals surface area contributed by atoms with Crippen LogP contribution >= 0.6 is 23.7 Å². The maximum absolute atomic E-state index is 12.6. The van der Waals surface area contributed by atoms with Crippen LogP contribution in [0.1, 0.15) is 54.3 Å². The standard InChI is InChI=1S/C18H25N3O2S.ClH/c1-4-23-16-8-6-5-7-13(16)14(9-12(2)3)21-18(22)15-11-24-17(10-19)20-15;/h5-8,11-12,14H,4,9-10,19H2,1-3H3,(H,21,22);1H. The average Bonchev–Trinajstić information content (AvgIpc) is 3.04. The van der Waals surface area contributed by atoms with Gasteiger partial charge in [-0.15, -0.1) is 23.7 Å². The molecule has 1 atom stereocenters. The van der Waals surface area contributed by atoms with Crippen LogP contribution in [0.15, 0.2) is 29.6 Å². The van der Waals surface area contributed by atoms with Crippen LogP contribution in [0.5, 0.6) is 5.75 Å². The third-order valence-electron chi connectivity index (χ3n) is 3.57. The first-order chi connectivity index (χ1) is 11.5. The first-order valence-corrected chi connectivity index (χ1v) is 9.10. The highest BCUT2D eigenvalue weighted by Crippen LogP contribution is 2.30. The van der Waals surface area contributed by atoms with Gasteiger partial charge in [-0.2, -0.15) is 0 Å². The first-order valence-electron chi connectivity index (χ1n) is 8.22. The maximum atomic E-state index is 12.6. The van der Waals surface area contributed by atoms with Crippen LogP contribution in [0, 0.1) is 5.92 Å². The fourth-order valence-corrected chi connectivity index (χ4v) is 3.19. The summed E-state index contributed by atoms with van der Waals surface area (Å²) >= 11 is 1.40. The van der Waals surface area contributed by atoms with E-state index in [-0.39, 0.29) is 24.4 Å². The van der Waals surface area contributed by atoms with Crippen molar-refractivity contribution in [3.63, 3.8) is 0 Å². The number of carbonyl (C=O) groups excluding carboxylic acids is 1. The van der Waals surface area contributed by atoms with Crippen molar-refractivity contribution < 1.29 is 9.53 Å². The van der Waals surface area contributed by atoms with Gasteiger partial charge in [0.25, 0.3) is 5.91 Å². The molecule has 1 aromatic heterocycles.